The Morgan fingerprint density at radius 1 is 1.19 bits per heavy atom. The van der Waals surface area contributed by atoms with Crippen molar-refractivity contribution in [2.45, 2.75) is 44.9 Å². The highest BCUT2D eigenvalue weighted by Gasteiger charge is 2.21. The van der Waals surface area contributed by atoms with E-state index in [1.54, 1.807) is 31.2 Å². The van der Waals surface area contributed by atoms with E-state index in [2.05, 4.69) is 9.93 Å². The summed E-state index contributed by atoms with van der Waals surface area (Å²) in [7, 11) is -3.80. The Bertz CT molecular complexity index is 945. The molecule has 2 rings (SSSR count). The first-order valence-electron chi connectivity index (χ1n) is 8.66. The maximum absolute atomic E-state index is 12.7. The van der Waals surface area contributed by atoms with E-state index in [0.29, 0.717) is 23.5 Å². The molecule has 2 N–H and O–H groups in total. The Morgan fingerprint density at radius 2 is 1.89 bits per heavy atom. The Morgan fingerprint density at radius 3 is 2.52 bits per heavy atom. The smallest absolute Gasteiger partial charge is 0.276 e. The van der Waals surface area contributed by atoms with Gasteiger partial charge in [0.15, 0.2) is 11.5 Å². The van der Waals surface area contributed by atoms with Gasteiger partial charge in [-0.2, -0.15) is 13.5 Å². The molecule has 0 spiro atoms. The lowest BCUT2D eigenvalue weighted by molar-refractivity contribution is 0.318. The molecule has 6 nitrogen and oxygen atoms in total. The highest BCUT2D eigenvalue weighted by Crippen LogP contribution is 2.27. The van der Waals surface area contributed by atoms with Gasteiger partial charge in [-0.25, -0.2) is 4.83 Å². The number of aromatic hydroxyl groups is 1. The molecule has 0 aliphatic heterocycles. The fourth-order valence-corrected chi connectivity index (χ4v) is 3.52. The van der Waals surface area contributed by atoms with Gasteiger partial charge in [-0.05, 0) is 60.2 Å². The molecule has 0 saturated heterocycles. The molecule has 0 atom stereocenters. The summed E-state index contributed by atoms with van der Waals surface area (Å²) < 4.78 is 30.6. The van der Waals surface area contributed by atoms with Crippen molar-refractivity contribution >= 4 is 16.2 Å². The number of hydrogen-bond donors (Lipinski definition) is 2. The van der Waals surface area contributed by atoms with Crippen molar-refractivity contribution < 1.29 is 18.3 Å². The third kappa shape index (κ3) is 5.23. The lowest BCUT2D eigenvalue weighted by atomic mass is 9.87. The van der Waals surface area contributed by atoms with Crippen LogP contribution in [0.3, 0.4) is 0 Å². The van der Waals surface area contributed by atoms with Crippen molar-refractivity contribution in [1.29, 1.82) is 0 Å². The van der Waals surface area contributed by atoms with E-state index in [4.69, 9.17) is 4.74 Å². The molecule has 2 aromatic rings. The molecule has 27 heavy (non-hydrogen) atoms. The third-order valence-corrected chi connectivity index (χ3v) is 5.38. The molecule has 0 aliphatic carbocycles. The zero-order valence-electron chi connectivity index (χ0n) is 16.3. The van der Waals surface area contributed by atoms with Gasteiger partial charge in [0.25, 0.3) is 10.0 Å². The van der Waals surface area contributed by atoms with E-state index in [1.165, 1.54) is 12.3 Å². The van der Waals surface area contributed by atoms with Crippen LogP contribution in [-0.2, 0) is 15.4 Å². The van der Waals surface area contributed by atoms with Crippen LogP contribution >= 0.6 is 0 Å². The van der Waals surface area contributed by atoms with Gasteiger partial charge < -0.3 is 9.84 Å². The molecule has 0 fully saturated rings. The molecule has 0 bridgehead atoms. The van der Waals surface area contributed by atoms with Crippen LogP contribution in [0.4, 0.5) is 0 Å². The van der Waals surface area contributed by atoms with Crippen LogP contribution in [0.1, 0.15) is 44.4 Å². The number of benzene rings is 2. The normalized spacial score (nSPS) is 12.3. The van der Waals surface area contributed by atoms with Gasteiger partial charge in [-0.1, -0.05) is 32.9 Å². The van der Waals surface area contributed by atoms with Crippen molar-refractivity contribution in [2.75, 3.05) is 6.61 Å². The zero-order valence-corrected chi connectivity index (χ0v) is 17.1. The fourth-order valence-electron chi connectivity index (χ4n) is 2.46. The fraction of sp³-hybridized carbons (Fsp3) is 0.350. The number of hydrazone groups is 1. The van der Waals surface area contributed by atoms with Crippen LogP contribution in [0.15, 0.2) is 46.4 Å². The highest BCUT2D eigenvalue weighted by atomic mass is 32.2. The number of phenolic OH excluding ortho intramolecular Hbond substituents is 1. The number of rotatable bonds is 6. The van der Waals surface area contributed by atoms with Gasteiger partial charge in [-0.3, -0.25) is 0 Å². The predicted molar refractivity (Wildman–Crippen MR) is 107 cm³/mol. The van der Waals surface area contributed by atoms with Crippen LogP contribution in [0.25, 0.3) is 0 Å². The molecule has 0 aromatic heterocycles. The molecule has 0 aliphatic rings. The standard InChI is InChI=1S/C20H26N2O4S/c1-6-26-18-11-15(8-10-17(18)23)13-21-22-27(24,25)19-12-16(20(3,4)5)9-7-14(19)2/h7-13,22-23H,6H2,1-5H3/b21-13+. The maximum atomic E-state index is 12.7. The van der Waals surface area contributed by atoms with Gasteiger partial charge in [0.1, 0.15) is 0 Å². The summed E-state index contributed by atoms with van der Waals surface area (Å²) in [5.41, 5.74) is 2.01. The minimum Gasteiger partial charge on any atom is -0.504 e. The summed E-state index contributed by atoms with van der Waals surface area (Å²) in [6.07, 6.45) is 1.36. The van der Waals surface area contributed by atoms with Crippen molar-refractivity contribution in [3.05, 3.63) is 53.1 Å². The Balaban J connectivity index is 2.25. The molecule has 0 unspecified atom stereocenters. The summed E-state index contributed by atoms with van der Waals surface area (Å²) in [5.74, 6) is 0.335. The van der Waals surface area contributed by atoms with Crippen LogP contribution in [0, 0.1) is 6.92 Å². The zero-order chi connectivity index (χ0) is 20.2. The van der Waals surface area contributed by atoms with Gasteiger partial charge in [0, 0.05) is 0 Å². The van der Waals surface area contributed by atoms with Gasteiger partial charge in [0.05, 0.1) is 17.7 Å². The monoisotopic (exact) mass is 390 g/mol. The van der Waals surface area contributed by atoms with E-state index in [1.807, 2.05) is 33.8 Å². The van der Waals surface area contributed by atoms with Gasteiger partial charge in [0.2, 0.25) is 0 Å². The van der Waals surface area contributed by atoms with Crippen molar-refractivity contribution in [3.8, 4) is 11.5 Å². The first kappa shape index (κ1) is 20.8. The van der Waals surface area contributed by atoms with Crippen LogP contribution < -0.4 is 9.57 Å². The van der Waals surface area contributed by atoms with Gasteiger partial charge in [-0.15, -0.1) is 0 Å². The first-order valence-corrected chi connectivity index (χ1v) is 10.1. The van der Waals surface area contributed by atoms with E-state index >= 15 is 0 Å². The summed E-state index contributed by atoms with van der Waals surface area (Å²) in [5, 5.41) is 13.6. The summed E-state index contributed by atoms with van der Waals surface area (Å²) >= 11 is 0. The SMILES string of the molecule is CCOc1cc(/C=N/NS(=O)(=O)c2cc(C(C)(C)C)ccc2C)ccc1O. The quantitative estimate of drug-likeness (QED) is 0.581. The first-order chi connectivity index (χ1) is 12.5. The number of nitrogens with one attached hydrogen (secondary N) is 1. The van der Waals surface area contributed by atoms with E-state index < -0.39 is 10.0 Å². The Hall–Kier alpha value is -2.54. The molecule has 7 heteroatoms. The molecule has 0 heterocycles. The molecular weight excluding hydrogens is 364 g/mol. The average molecular weight is 391 g/mol. The molecule has 2 aromatic carbocycles. The highest BCUT2D eigenvalue weighted by molar-refractivity contribution is 7.89. The van der Waals surface area contributed by atoms with Crippen molar-refractivity contribution in [2.24, 2.45) is 5.10 Å². The second-order valence-electron chi connectivity index (χ2n) is 7.24. The van der Waals surface area contributed by atoms with E-state index in [-0.39, 0.29) is 16.1 Å². The Labute approximate surface area is 160 Å². The molecular formula is C20H26N2O4S. The summed E-state index contributed by atoms with van der Waals surface area (Å²) in [6.45, 7) is 10.0. The van der Waals surface area contributed by atoms with Crippen LogP contribution in [0.5, 0.6) is 11.5 Å². The topological polar surface area (TPSA) is 88.0 Å². The number of hydrogen-bond acceptors (Lipinski definition) is 5. The van der Waals surface area contributed by atoms with E-state index in [9.17, 15) is 13.5 Å². The minimum absolute atomic E-state index is 0.0178. The van der Waals surface area contributed by atoms with Gasteiger partial charge >= 0.3 is 0 Å². The number of sulfonamides is 1. The van der Waals surface area contributed by atoms with Crippen LogP contribution in [-0.4, -0.2) is 26.3 Å². The average Bonchev–Trinajstić information content (AvgIpc) is 2.57. The molecule has 0 amide bonds. The van der Waals surface area contributed by atoms with Crippen LogP contribution in [0.2, 0.25) is 0 Å². The second kappa shape index (κ2) is 8.00. The van der Waals surface area contributed by atoms with E-state index in [0.717, 1.165) is 5.56 Å². The van der Waals surface area contributed by atoms with Crippen molar-refractivity contribution in [3.63, 3.8) is 0 Å². The molecule has 0 radical (unpaired) electrons. The Kier molecular flexibility index (Phi) is 6.15. The summed E-state index contributed by atoms with van der Waals surface area (Å²) in [6, 6.07) is 10.1. The third-order valence-electron chi connectivity index (χ3n) is 4.01. The largest absolute Gasteiger partial charge is 0.504 e. The maximum Gasteiger partial charge on any atom is 0.276 e. The number of nitrogens with zero attached hydrogens (tertiary/aromatic N) is 1. The minimum atomic E-state index is -3.80. The second-order valence-corrected chi connectivity index (χ2v) is 8.87. The number of aryl methyl sites for hydroxylation is 1. The molecule has 146 valence electrons. The lowest BCUT2D eigenvalue weighted by Gasteiger charge is -2.20. The predicted octanol–water partition coefficient (Wildman–Crippen LogP) is 3.71. The van der Waals surface area contributed by atoms with Crippen molar-refractivity contribution in [1.82, 2.24) is 4.83 Å². The molecule has 0 saturated carbocycles. The number of phenols is 1. The lowest BCUT2D eigenvalue weighted by Crippen LogP contribution is -2.21. The number of ether oxygens (including phenoxy) is 1. The summed E-state index contributed by atoms with van der Waals surface area (Å²) in [4.78, 5) is 2.45.